The summed E-state index contributed by atoms with van der Waals surface area (Å²) in [5, 5.41) is 7.31. The van der Waals surface area contributed by atoms with Crippen molar-refractivity contribution < 1.29 is 65.4 Å². The van der Waals surface area contributed by atoms with Crippen LogP contribution in [0.2, 0.25) is 0 Å². The molecule has 0 unspecified atom stereocenters. The summed E-state index contributed by atoms with van der Waals surface area (Å²) in [6.45, 7) is 4.44. The molecule has 0 N–H and O–H groups in total. The van der Waals surface area contributed by atoms with Crippen LogP contribution in [0.3, 0.4) is 0 Å². The molecular formula is C25H15Y2-3. The Bertz CT molecular complexity index is 1210. The quantitative estimate of drug-likeness (QED) is 0.183. The van der Waals surface area contributed by atoms with E-state index in [-0.39, 0.29) is 65.4 Å². The second kappa shape index (κ2) is 8.54. The predicted molar refractivity (Wildman–Crippen MR) is 107 cm³/mol. The van der Waals surface area contributed by atoms with Crippen LogP contribution in [0.5, 0.6) is 0 Å². The maximum Gasteiger partial charge on any atom is 0 e. The fourth-order valence-electron chi connectivity index (χ4n) is 3.79. The van der Waals surface area contributed by atoms with Gasteiger partial charge in [0.05, 0.1) is 0 Å². The van der Waals surface area contributed by atoms with Gasteiger partial charge in [0.25, 0.3) is 0 Å². The molecule has 0 heterocycles. The van der Waals surface area contributed by atoms with Crippen molar-refractivity contribution in [2.75, 3.05) is 0 Å². The van der Waals surface area contributed by atoms with E-state index in [4.69, 9.17) is 0 Å². The first-order valence-corrected chi connectivity index (χ1v) is 8.41. The van der Waals surface area contributed by atoms with Gasteiger partial charge in [0.2, 0.25) is 0 Å². The summed E-state index contributed by atoms with van der Waals surface area (Å²) in [7, 11) is 0. The van der Waals surface area contributed by atoms with E-state index in [0.717, 1.165) is 22.1 Å². The normalized spacial score (nSPS) is 10.5. The monoisotopic (exact) mass is 493 g/mol. The molecule has 0 aliphatic rings. The van der Waals surface area contributed by atoms with Crippen LogP contribution in [-0.4, -0.2) is 0 Å². The van der Waals surface area contributed by atoms with Crippen molar-refractivity contribution in [2.45, 2.75) is 0 Å². The zero-order valence-electron chi connectivity index (χ0n) is 14.9. The summed E-state index contributed by atoms with van der Waals surface area (Å²) < 4.78 is 0. The van der Waals surface area contributed by atoms with Crippen LogP contribution in [0.25, 0.3) is 43.4 Å². The minimum Gasteiger partial charge on any atom is -0.192 e. The third kappa shape index (κ3) is 3.43. The molecule has 5 aromatic rings. The number of rotatable bonds is 1. The first-order valence-electron chi connectivity index (χ1n) is 8.41. The second-order valence-corrected chi connectivity index (χ2v) is 6.29. The Hall–Kier alpha value is -1.04. The molecule has 0 fully saturated rings. The van der Waals surface area contributed by atoms with Crippen molar-refractivity contribution in [3.63, 3.8) is 0 Å². The summed E-state index contributed by atoms with van der Waals surface area (Å²) in [5.74, 6) is 0. The van der Waals surface area contributed by atoms with Crippen molar-refractivity contribution in [1.82, 2.24) is 0 Å². The summed E-state index contributed by atoms with van der Waals surface area (Å²) in [5.41, 5.74) is 3.24. The third-order valence-corrected chi connectivity index (χ3v) is 4.93. The van der Waals surface area contributed by atoms with Gasteiger partial charge in [0.1, 0.15) is 0 Å². The SMILES string of the molecule is [CH2-]c1c(-c2[c-]cccc2)ccc2c3ccccc3c3ccc[c-]c3c12.[Y].[Y]. The molecule has 0 nitrogen and oxygen atoms in total. The van der Waals surface area contributed by atoms with Gasteiger partial charge in [-0.2, -0.15) is 12.5 Å². The maximum absolute atomic E-state index is 4.44. The maximum atomic E-state index is 4.44. The smallest absolute Gasteiger partial charge is 0 e. The van der Waals surface area contributed by atoms with Crippen molar-refractivity contribution in [1.29, 1.82) is 0 Å². The van der Waals surface area contributed by atoms with Crippen LogP contribution < -0.4 is 0 Å². The molecule has 0 amide bonds. The molecule has 0 saturated carbocycles. The Labute approximate surface area is 210 Å². The standard InChI is InChI=1S/C25H15.2Y/c1-17-19(18-9-3-2-4-10-18)15-16-24-22-13-6-5-11-20(22)21-12-7-8-14-23(21)25(17)24;;/h2-9,11-13,15-16H,1H2;;/q-3;;. The van der Waals surface area contributed by atoms with Gasteiger partial charge in [-0.25, -0.2) is 0 Å². The predicted octanol–water partition coefficient (Wildman–Crippen LogP) is 6.59. The van der Waals surface area contributed by atoms with Crippen LogP contribution in [0, 0.1) is 19.1 Å². The van der Waals surface area contributed by atoms with Gasteiger partial charge in [-0.3, -0.25) is 0 Å². The average molecular weight is 493 g/mol. The van der Waals surface area contributed by atoms with Crippen LogP contribution in [0.1, 0.15) is 5.56 Å². The molecule has 0 aliphatic heterocycles. The van der Waals surface area contributed by atoms with E-state index in [1.165, 1.54) is 26.9 Å². The molecule has 0 saturated heterocycles. The third-order valence-electron chi connectivity index (χ3n) is 4.93. The zero-order valence-corrected chi connectivity index (χ0v) is 20.5. The number of hydrogen-bond acceptors (Lipinski definition) is 0. The van der Waals surface area contributed by atoms with Gasteiger partial charge in [-0.05, 0) is 5.39 Å². The minimum absolute atomic E-state index is 0. The van der Waals surface area contributed by atoms with Gasteiger partial charge in [0, 0.05) is 65.4 Å². The average Bonchev–Trinajstić information content (AvgIpc) is 2.69. The van der Waals surface area contributed by atoms with Crippen LogP contribution in [0.4, 0.5) is 0 Å². The number of fused-ring (bicyclic) bond motifs is 6. The van der Waals surface area contributed by atoms with Gasteiger partial charge in [0.15, 0.2) is 0 Å². The Morgan fingerprint density at radius 1 is 0.593 bits per heavy atom. The van der Waals surface area contributed by atoms with Crippen molar-refractivity contribution in [3.8, 4) is 11.1 Å². The van der Waals surface area contributed by atoms with Gasteiger partial charge < -0.3 is 0 Å². The molecule has 124 valence electrons. The summed E-state index contributed by atoms with van der Waals surface area (Å²) >= 11 is 0. The first-order chi connectivity index (χ1) is 12.3. The summed E-state index contributed by atoms with van der Waals surface area (Å²) in [6.07, 6.45) is 0. The largest absolute Gasteiger partial charge is 0.192 e. The number of hydrogen-bond donors (Lipinski definition) is 0. The van der Waals surface area contributed by atoms with E-state index in [2.05, 4.69) is 73.7 Å². The van der Waals surface area contributed by atoms with Gasteiger partial charge in [-0.1, -0.05) is 47.2 Å². The van der Waals surface area contributed by atoms with Crippen molar-refractivity contribution >= 4 is 32.3 Å². The molecular weight excluding hydrogens is 478 g/mol. The Morgan fingerprint density at radius 3 is 2.00 bits per heavy atom. The zero-order chi connectivity index (χ0) is 16.8. The molecule has 2 radical (unpaired) electrons. The molecule has 2 heteroatoms. The molecule has 27 heavy (non-hydrogen) atoms. The molecule has 0 aliphatic carbocycles. The first kappa shape index (κ1) is 20.7. The van der Waals surface area contributed by atoms with Gasteiger partial charge in [-0.15, -0.1) is 81.9 Å². The Kier molecular flexibility index (Phi) is 6.54. The van der Waals surface area contributed by atoms with Crippen LogP contribution in [-0.2, 0) is 65.4 Å². The van der Waals surface area contributed by atoms with E-state index in [9.17, 15) is 0 Å². The van der Waals surface area contributed by atoms with Crippen LogP contribution in [0.15, 0.2) is 78.9 Å². The Balaban J connectivity index is 0.00000105. The summed E-state index contributed by atoms with van der Waals surface area (Å²) in [4.78, 5) is 0. The molecule has 5 rings (SSSR count). The van der Waals surface area contributed by atoms with Gasteiger partial charge >= 0.3 is 0 Å². The molecule has 0 atom stereocenters. The fraction of sp³-hybridized carbons (Fsp3) is 0. The molecule has 0 aromatic heterocycles. The van der Waals surface area contributed by atoms with Crippen molar-refractivity contribution in [3.05, 3.63) is 103 Å². The van der Waals surface area contributed by atoms with Crippen molar-refractivity contribution in [2.24, 2.45) is 0 Å². The Morgan fingerprint density at radius 2 is 1.26 bits per heavy atom. The second-order valence-electron chi connectivity index (χ2n) is 6.29. The number of benzene rings is 5. The van der Waals surface area contributed by atoms with E-state index in [1.54, 1.807) is 0 Å². The fourth-order valence-corrected chi connectivity index (χ4v) is 3.79. The topological polar surface area (TPSA) is 0 Å². The van der Waals surface area contributed by atoms with E-state index < -0.39 is 0 Å². The minimum atomic E-state index is 0. The van der Waals surface area contributed by atoms with Crippen LogP contribution >= 0.6 is 0 Å². The molecule has 0 bridgehead atoms. The molecule has 0 spiro atoms. The van der Waals surface area contributed by atoms with E-state index in [1.807, 2.05) is 24.3 Å². The molecule has 5 aromatic carbocycles. The summed E-state index contributed by atoms with van der Waals surface area (Å²) in [6, 6.07) is 34.0. The van der Waals surface area contributed by atoms with E-state index in [0.29, 0.717) is 0 Å². The van der Waals surface area contributed by atoms with E-state index >= 15 is 0 Å².